The van der Waals surface area contributed by atoms with Gasteiger partial charge in [-0.25, -0.2) is 8.78 Å². The summed E-state index contributed by atoms with van der Waals surface area (Å²) in [4.78, 5) is 13.7. The van der Waals surface area contributed by atoms with Crippen molar-refractivity contribution < 1.29 is 18.3 Å². The Balaban J connectivity index is 0.00000484. The van der Waals surface area contributed by atoms with E-state index in [1.165, 1.54) is 11.0 Å². The number of nitrogens with zero attached hydrogens (tertiary/aromatic N) is 1. The van der Waals surface area contributed by atoms with Gasteiger partial charge in [-0.1, -0.05) is 13.8 Å². The first kappa shape index (κ1) is 21.6. The maximum absolute atomic E-state index is 13.1. The van der Waals surface area contributed by atoms with Crippen molar-refractivity contribution in [1.82, 2.24) is 4.90 Å². The number of likely N-dealkylation sites (N-methyl/N-ethyl adjacent to an activating group) is 1. The van der Waals surface area contributed by atoms with Gasteiger partial charge in [0, 0.05) is 25.7 Å². The lowest BCUT2D eigenvalue weighted by Gasteiger charge is -2.24. The van der Waals surface area contributed by atoms with Gasteiger partial charge in [-0.3, -0.25) is 4.79 Å². The molecule has 0 fully saturated rings. The van der Waals surface area contributed by atoms with E-state index < -0.39 is 17.7 Å². The lowest BCUT2D eigenvalue weighted by molar-refractivity contribution is -0.136. The molecule has 0 saturated carbocycles. The molecule has 0 aromatic heterocycles. The van der Waals surface area contributed by atoms with Crippen LogP contribution in [0, 0.1) is 17.6 Å². The van der Waals surface area contributed by atoms with Gasteiger partial charge < -0.3 is 15.4 Å². The Bertz CT molecular complexity index is 515. The van der Waals surface area contributed by atoms with Crippen molar-refractivity contribution in [3.63, 3.8) is 0 Å². The zero-order valence-electron chi connectivity index (χ0n) is 13.9. The number of amides is 1. The number of rotatable bonds is 7. The van der Waals surface area contributed by atoms with E-state index in [0.717, 1.165) is 12.1 Å². The molecule has 7 heteroatoms. The average Bonchev–Trinajstić information content (AvgIpc) is 2.47. The fourth-order valence-electron chi connectivity index (χ4n) is 1.90. The van der Waals surface area contributed by atoms with Crippen molar-refractivity contribution in [3.8, 4) is 5.75 Å². The summed E-state index contributed by atoms with van der Waals surface area (Å²) in [6, 6.07) is 3.20. The summed E-state index contributed by atoms with van der Waals surface area (Å²) in [5.74, 6) is -1.73. The molecule has 0 aliphatic heterocycles. The summed E-state index contributed by atoms with van der Waals surface area (Å²) in [7, 11) is 1.67. The largest absolute Gasteiger partial charge is 0.481 e. The van der Waals surface area contributed by atoms with Crippen molar-refractivity contribution in [2.45, 2.75) is 39.3 Å². The van der Waals surface area contributed by atoms with E-state index in [-0.39, 0.29) is 30.1 Å². The zero-order chi connectivity index (χ0) is 16.9. The molecule has 4 nitrogen and oxygen atoms in total. The van der Waals surface area contributed by atoms with E-state index in [9.17, 15) is 13.6 Å². The number of hydrogen-bond donors (Lipinski definition) is 1. The van der Waals surface area contributed by atoms with Crippen LogP contribution in [0.5, 0.6) is 5.75 Å². The second-order valence-corrected chi connectivity index (χ2v) is 5.79. The predicted octanol–water partition coefficient (Wildman–Crippen LogP) is 2.99. The van der Waals surface area contributed by atoms with Gasteiger partial charge in [0.1, 0.15) is 5.75 Å². The molecule has 1 rings (SSSR count). The highest BCUT2D eigenvalue weighted by atomic mass is 35.5. The zero-order valence-corrected chi connectivity index (χ0v) is 14.7. The van der Waals surface area contributed by atoms with Crippen LogP contribution in [0.25, 0.3) is 0 Å². The third-order valence-corrected chi connectivity index (χ3v) is 3.58. The third-order valence-electron chi connectivity index (χ3n) is 3.58. The summed E-state index contributed by atoms with van der Waals surface area (Å²) < 4.78 is 31.3. The normalized spacial score (nSPS) is 13.2. The summed E-state index contributed by atoms with van der Waals surface area (Å²) in [6.45, 7) is 6.15. The standard InChI is InChI=1S/C16H24F2N2O2.ClH/c1-10(2)15(19)7-8-20(4)16(21)11(3)22-12-5-6-13(17)14(18)9-12;/h5-6,9-11,15H,7-8,19H2,1-4H3;1H. The molecule has 1 aromatic carbocycles. The molecule has 23 heavy (non-hydrogen) atoms. The number of halogens is 3. The van der Waals surface area contributed by atoms with Crippen molar-refractivity contribution in [2.75, 3.05) is 13.6 Å². The van der Waals surface area contributed by atoms with E-state index >= 15 is 0 Å². The van der Waals surface area contributed by atoms with Gasteiger partial charge in [0.2, 0.25) is 0 Å². The van der Waals surface area contributed by atoms with Crippen molar-refractivity contribution in [2.24, 2.45) is 11.7 Å². The number of carbonyl (C=O) groups excluding carboxylic acids is 1. The van der Waals surface area contributed by atoms with E-state index in [1.54, 1.807) is 14.0 Å². The van der Waals surface area contributed by atoms with E-state index in [1.807, 2.05) is 13.8 Å². The minimum absolute atomic E-state index is 0. The van der Waals surface area contributed by atoms with Gasteiger partial charge in [0.25, 0.3) is 5.91 Å². The Morgan fingerprint density at radius 1 is 1.26 bits per heavy atom. The minimum Gasteiger partial charge on any atom is -0.481 e. The van der Waals surface area contributed by atoms with Crippen LogP contribution in [-0.2, 0) is 4.79 Å². The van der Waals surface area contributed by atoms with Crippen LogP contribution >= 0.6 is 12.4 Å². The maximum atomic E-state index is 13.1. The van der Waals surface area contributed by atoms with Gasteiger partial charge in [-0.05, 0) is 31.4 Å². The first-order valence-electron chi connectivity index (χ1n) is 7.34. The molecular formula is C16H25ClF2N2O2. The molecule has 0 radical (unpaired) electrons. The van der Waals surface area contributed by atoms with Crippen LogP contribution in [0.1, 0.15) is 27.2 Å². The molecule has 0 heterocycles. The average molecular weight is 351 g/mol. The molecule has 0 saturated heterocycles. The fourth-order valence-corrected chi connectivity index (χ4v) is 1.90. The molecular weight excluding hydrogens is 326 g/mol. The van der Waals surface area contributed by atoms with Gasteiger partial charge in [0.15, 0.2) is 17.7 Å². The smallest absolute Gasteiger partial charge is 0.263 e. The Kier molecular flexibility index (Phi) is 9.09. The molecule has 0 aliphatic rings. The van der Waals surface area contributed by atoms with E-state index in [0.29, 0.717) is 18.9 Å². The number of benzene rings is 1. The van der Waals surface area contributed by atoms with Crippen LogP contribution in [0.4, 0.5) is 8.78 Å². The summed E-state index contributed by atoms with van der Waals surface area (Å²) in [5, 5.41) is 0. The minimum atomic E-state index is -1.01. The fraction of sp³-hybridized carbons (Fsp3) is 0.562. The van der Waals surface area contributed by atoms with Gasteiger partial charge >= 0.3 is 0 Å². The molecule has 0 bridgehead atoms. The molecule has 0 spiro atoms. The second-order valence-electron chi connectivity index (χ2n) is 5.79. The predicted molar refractivity (Wildman–Crippen MR) is 88.8 cm³/mol. The highest BCUT2D eigenvalue weighted by Crippen LogP contribution is 2.17. The Morgan fingerprint density at radius 2 is 1.87 bits per heavy atom. The maximum Gasteiger partial charge on any atom is 0.263 e. The number of ether oxygens (including phenoxy) is 1. The summed E-state index contributed by atoms with van der Waals surface area (Å²) in [6.07, 6.45) is -0.0946. The molecule has 2 N–H and O–H groups in total. The van der Waals surface area contributed by atoms with Gasteiger partial charge in [-0.2, -0.15) is 0 Å². The first-order chi connectivity index (χ1) is 10.2. The van der Waals surface area contributed by atoms with E-state index in [4.69, 9.17) is 10.5 Å². The quantitative estimate of drug-likeness (QED) is 0.822. The van der Waals surface area contributed by atoms with Crippen molar-refractivity contribution in [1.29, 1.82) is 0 Å². The number of nitrogens with two attached hydrogens (primary N) is 1. The third kappa shape index (κ3) is 6.71. The van der Waals surface area contributed by atoms with Crippen LogP contribution < -0.4 is 10.5 Å². The molecule has 0 aliphatic carbocycles. The van der Waals surface area contributed by atoms with Crippen LogP contribution in [0.3, 0.4) is 0 Å². The second kappa shape index (κ2) is 9.67. The van der Waals surface area contributed by atoms with Crippen molar-refractivity contribution in [3.05, 3.63) is 29.8 Å². The lowest BCUT2D eigenvalue weighted by atomic mass is 10.0. The Hall–Kier alpha value is -1.40. The molecule has 132 valence electrons. The Morgan fingerprint density at radius 3 is 2.39 bits per heavy atom. The van der Waals surface area contributed by atoms with Gasteiger partial charge in [0.05, 0.1) is 0 Å². The van der Waals surface area contributed by atoms with Crippen LogP contribution in [0.2, 0.25) is 0 Å². The number of hydrogen-bond acceptors (Lipinski definition) is 3. The SMILES string of the molecule is CC(Oc1ccc(F)c(F)c1)C(=O)N(C)CCC(N)C(C)C.Cl. The molecule has 2 atom stereocenters. The highest BCUT2D eigenvalue weighted by molar-refractivity contribution is 5.85. The number of carbonyl (C=O) groups is 1. The van der Waals surface area contributed by atoms with Gasteiger partial charge in [-0.15, -0.1) is 12.4 Å². The monoisotopic (exact) mass is 350 g/mol. The van der Waals surface area contributed by atoms with Crippen LogP contribution in [-0.4, -0.2) is 36.5 Å². The highest BCUT2D eigenvalue weighted by Gasteiger charge is 2.20. The summed E-state index contributed by atoms with van der Waals surface area (Å²) in [5.41, 5.74) is 5.95. The van der Waals surface area contributed by atoms with Crippen LogP contribution in [0.15, 0.2) is 18.2 Å². The lowest BCUT2D eigenvalue weighted by Crippen LogP contribution is -2.40. The molecule has 2 unspecified atom stereocenters. The Labute approximate surface area is 142 Å². The van der Waals surface area contributed by atoms with Crippen molar-refractivity contribution >= 4 is 18.3 Å². The van der Waals surface area contributed by atoms with E-state index in [2.05, 4.69) is 0 Å². The molecule has 1 amide bonds. The first-order valence-corrected chi connectivity index (χ1v) is 7.34. The summed E-state index contributed by atoms with van der Waals surface area (Å²) >= 11 is 0. The molecule has 1 aromatic rings. The topological polar surface area (TPSA) is 55.6 Å².